The van der Waals surface area contributed by atoms with Crippen molar-refractivity contribution in [1.82, 2.24) is 4.90 Å². The minimum absolute atomic E-state index is 0.0327. The fraction of sp³-hybridized carbons (Fsp3) is 0.680. The van der Waals surface area contributed by atoms with Crippen LogP contribution in [0.15, 0.2) is 18.2 Å². The normalized spacial score (nSPS) is 28.1. The Labute approximate surface area is 203 Å². The van der Waals surface area contributed by atoms with Gasteiger partial charge in [-0.25, -0.2) is 0 Å². The van der Waals surface area contributed by atoms with Crippen LogP contribution in [0.3, 0.4) is 0 Å². The number of hydrogen-bond acceptors (Lipinski definition) is 6. The van der Waals surface area contributed by atoms with Crippen molar-refractivity contribution >= 4 is 25.8 Å². The molecule has 1 aromatic carbocycles. The molecular formula is C25H38N2O6Si. The molecule has 1 aromatic rings. The number of aliphatic hydroxyl groups is 1. The Balaban J connectivity index is 1.61. The highest BCUT2D eigenvalue weighted by Crippen LogP contribution is 2.48. The molecular weight excluding hydrogens is 452 g/mol. The van der Waals surface area contributed by atoms with E-state index in [9.17, 15) is 19.5 Å². The van der Waals surface area contributed by atoms with Gasteiger partial charge in [0.25, 0.3) is 0 Å². The van der Waals surface area contributed by atoms with Crippen LogP contribution in [0.25, 0.3) is 0 Å². The summed E-state index contributed by atoms with van der Waals surface area (Å²) >= 11 is 0. The zero-order valence-corrected chi connectivity index (χ0v) is 21.7. The second-order valence-corrected chi connectivity index (χ2v) is 14.5. The molecule has 0 spiro atoms. The second-order valence-electron chi connectivity index (χ2n) is 10.5. The molecule has 0 radical (unpaired) electrons. The quantitative estimate of drug-likeness (QED) is 0.570. The Morgan fingerprint density at radius 3 is 2.68 bits per heavy atom. The van der Waals surface area contributed by atoms with Crippen LogP contribution in [0.2, 0.25) is 18.6 Å². The Morgan fingerprint density at radius 2 is 2.06 bits per heavy atom. The van der Waals surface area contributed by atoms with Crippen molar-refractivity contribution in [2.24, 2.45) is 5.92 Å². The first-order valence-corrected chi connectivity index (χ1v) is 15.4. The summed E-state index contributed by atoms with van der Waals surface area (Å²) in [4.78, 5) is 40.3. The van der Waals surface area contributed by atoms with Gasteiger partial charge in [0, 0.05) is 55.8 Å². The van der Waals surface area contributed by atoms with Crippen molar-refractivity contribution in [2.75, 3.05) is 31.7 Å². The lowest BCUT2D eigenvalue weighted by atomic mass is 9.86. The number of carbonyl (C=O) groups is 2. The van der Waals surface area contributed by atoms with Crippen LogP contribution in [0.4, 0.5) is 5.69 Å². The van der Waals surface area contributed by atoms with Gasteiger partial charge in [0.1, 0.15) is 11.9 Å². The molecule has 2 N–H and O–H groups in total. The molecule has 0 aromatic heterocycles. The first-order chi connectivity index (χ1) is 16.2. The van der Waals surface area contributed by atoms with Gasteiger partial charge in [0.15, 0.2) is 8.32 Å². The summed E-state index contributed by atoms with van der Waals surface area (Å²) in [7, 11) is -1.14. The van der Waals surface area contributed by atoms with Crippen LogP contribution >= 0.6 is 0 Å². The Bertz CT molecular complexity index is 919. The predicted octanol–water partition coefficient (Wildman–Crippen LogP) is 2.84. The number of likely N-dealkylation sites (tertiary alicyclic amines) is 1. The smallest absolute Gasteiger partial charge is 0.227 e. The minimum atomic E-state index is -2.81. The molecule has 3 aliphatic heterocycles. The molecule has 8 nitrogen and oxygen atoms in total. The lowest BCUT2D eigenvalue weighted by Crippen LogP contribution is -2.50. The standard InChI is InChI=1S/C25H38N2O6Si/c1-16-24(32-2)19-13-17(26-12-6-8-22(26)29)9-10-20(19)33-25(16)21(34(3,4)31)14-23(30)27-11-5-7-18(27)15-28/h9-10,13,16,18,21,24-25,28,31H,5-8,11-12,14-15H2,1-4H3/t16-,18-,21?,24-,25-/m0/s1. The van der Waals surface area contributed by atoms with Crippen molar-refractivity contribution in [3.8, 4) is 5.75 Å². The summed E-state index contributed by atoms with van der Waals surface area (Å²) in [6.45, 7) is 7.08. The molecule has 4 rings (SSSR count). The van der Waals surface area contributed by atoms with E-state index in [-0.39, 0.29) is 54.6 Å². The molecule has 0 bridgehead atoms. The lowest BCUT2D eigenvalue weighted by Gasteiger charge is -2.44. The maximum atomic E-state index is 13.2. The number of hydrogen-bond donors (Lipinski definition) is 2. The Hall–Kier alpha value is -1.94. The first kappa shape index (κ1) is 25.2. The maximum Gasteiger partial charge on any atom is 0.227 e. The number of fused-ring (bicyclic) bond motifs is 1. The summed E-state index contributed by atoms with van der Waals surface area (Å²) in [6, 6.07) is 5.63. The molecule has 2 amide bonds. The van der Waals surface area contributed by atoms with Crippen LogP contribution in [0, 0.1) is 5.92 Å². The van der Waals surface area contributed by atoms with Gasteiger partial charge in [-0.2, -0.15) is 0 Å². The third kappa shape index (κ3) is 4.75. The maximum absolute atomic E-state index is 13.2. The number of carbonyl (C=O) groups excluding carboxylic acids is 2. The van der Waals surface area contributed by atoms with Gasteiger partial charge in [-0.1, -0.05) is 6.92 Å². The van der Waals surface area contributed by atoms with E-state index in [0.717, 1.165) is 30.5 Å². The minimum Gasteiger partial charge on any atom is -0.490 e. The Morgan fingerprint density at radius 1 is 1.29 bits per heavy atom. The number of methoxy groups -OCH3 is 1. The molecule has 0 saturated carbocycles. The summed E-state index contributed by atoms with van der Waals surface area (Å²) in [5.41, 5.74) is 1.41. The molecule has 0 aliphatic carbocycles. The van der Waals surface area contributed by atoms with Crippen LogP contribution in [-0.4, -0.2) is 73.9 Å². The summed E-state index contributed by atoms with van der Waals surface area (Å²) in [5.74, 6) is 0.669. The highest BCUT2D eigenvalue weighted by Gasteiger charge is 2.48. The molecule has 188 valence electrons. The van der Waals surface area contributed by atoms with Gasteiger partial charge < -0.3 is 29.2 Å². The molecule has 2 fully saturated rings. The average molecular weight is 491 g/mol. The monoisotopic (exact) mass is 490 g/mol. The topological polar surface area (TPSA) is 99.5 Å². The van der Waals surface area contributed by atoms with E-state index < -0.39 is 8.32 Å². The van der Waals surface area contributed by atoms with Crippen molar-refractivity contribution in [1.29, 1.82) is 0 Å². The van der Waals surface area contributed by atoms with E-state index in [4.69, 9.17) is 9.47 Å². The van der Waals surface area contributed by atoms with Gasteiger partial charge in [0.2, 0.25) is 11.8 Å². The van der Waals surface area contributed by atoms with Crippen LogP contribution in [0.1, 0.15) is 50.7 Å². The van der Waals surface area contributed by atoms with Gasteiger partial charge in [0.05, 0.1) is 18.8 Å². The molecule has 1 unspecified atom stereocenters. The van der Waals surface area contributed by atoms with Crippen molar-refractivity contribution in [3.63, 3.8) is 0 Å². The largest absolute Gasteiger partial charge is 0.490 e. The number of aliphatic hydroxyl groups excluding tert-OH is 1. The van der Waals surface area contributed by atoms with Crippen molar-refractivity contribution < 1.29 is 29.0 Å². The number of anilines is 1. The molecule has 34 heavy (non-hydrogen) atoms. The molecule has 3 aliphatic rings. The summed E-state index contributed by atoms with van der Waals surface area (Å²) in [5, 5.41) is 9.66. The molecule has 3 heterocycles. The number of amides is 2. The van der Waals surface area contributed by atoms with Gasteiger partial charge in [-0.15, -0.1) is 0 Å². The van der Waals surface area contributed by atoms with E-state index >= 15 is 0 Å². The third-order valence-electron chi connectivity index (χ3n) is 7.80. The first-order valence-electron chi connectivity index (χ1n) is 12.4. The van der Waals surface area contributed by atoms with Gasteiger partial charge in [-0.3, -0.25) is 9.59 Å². The number of benzene rings is 1. The van der Waals surface area contributed by atoms with Crippen molar-refractivity contribution in [2.45, 2.75) is 75.9 Å². The third-order valence-corrected chi connectivity index (χ3v) is 10.2. The Kier molecular flexibility index (Phi) is 7.38. The van der Waals surface area contributed by atoms with E-state index in [1.807, 2.05) is 43.1 Å². The van der Waals surface area contributed by atoms with Crippen LogP contribution in [0.5, 0.6) is 5.75 Å². The molecule has 9 heteroatoms. The fourth-order valence-electron chi connectivity index (χ4n) is 5.88. The summed E-state index contributed by atoms with van der Waals surface area (Å²) < 4.78 is 12.4. The number of nitrogens with zero attached hydrogens (tertiary/aromatic N) is 2. The fourth-order valence-corrected chi connectivity index (χ4v) is 7.73. The number of rotatable bonds is 7. The highest BCUT2D eigenvalue weighted by molar-refractivity contribution is 6.71. The average Bonchev–Trinajstić information content (AvgIpc) is 3.45. The lowest BCUT2D eigenvalue weighted by molar-refractivity contribution is -0.133. The molecule has 5 atom stereocenters. The van der Waals surface area contributed by atoms with Gasteiger partial charge >= 0.3 is 0 Å². The van der Waals surface area contributed by atoms with Crippen LogP contribution in [-0.2, 0) is 14.3 Å². The van der Waals surface area contributed by atoms with Gasteiger partial charge in [-0.05, 0) is 50.6 Å². The number of ether oxygens (including phenoxy) is 2. The zero-order valence-electron chi connectivity index (χ0n) is 20.7. The summed E-state index contributed by atoms with van der Waals surface area (Å²) in [6.07, 6.45) is 2.65. The zero-order chi connectivity index (χ0) is 24.6. The van der Waals surface area contributed by atoms with E-state index in [1.165, 1.54) is 0 Å². The predicted molar refractivity (Wildman–Crippen MR) is 131 cm³/mol. The SMILES string of the molecule is CO[C@@H]1c2cc(N3CCCC3=O)ccc2O[C@H](C(CC(=O)N2CCC[C@H]2CO)[Si](C)(C)O)[C@H]1C. The highest BCUT2D eigenvalue weighted by atomic mass is 28.4. The van der Waals surface area contributed by atoms with E-state index in [1.54, 1.807) is 12.0 Å². The van der Waals surface area contributed by atoms with E-state index in [0.29, 0.717) is 25.3 Å². The van der Waals surface area contributed by atoms with E-state index in [2.05, 4.69) is 0 Å². The van der Waals surface area contributed by atoms with Crippen LogP contribution < -0.4 is 9.64 Å². The molecule has 2 saturated heterocycles. The van der Waals surface area contributed by atoms with Crippen molar-refractivity contribution in [3.05, 3.63) is 23.8 Å². The second kappa shape index (κ2) is 9.97.